The summed E-state index contributed by atoms with van der Waals surface area (Å²) in [5, 5.41) is 11.6. The molecule has 1 aliphatic heterocycles. The maximum atomic E-state index is 11.9. The van der Waals surface area contributed by atoms with E-state index in [1.54, 1.807) is 6.07 Å². The van der Waals surface area contributed by atoms with E-state index in [1.807, 2.05) is 6.07 Å². The molecular weight excluding hydrogens is 288 g/mol. The Morgan fingerprint density at radius 1 is 1.47 bits per heavy atom. The minimum Gasteiger partial charge on any atom is -0.326 e. The molecule has 0 aromatic heterocycles. The summed E-state index contributed by atoms with van der Waals surface area (Å²) in [5.74, 6) is -0.900. The van der Waals surface area contributed by atoms with Crippen LogP contribution in [0.25, 0.3) is 0 Å². The van der Waals surface area contributed by atoms with Crippen molar-refractivity contribution in [1.82, 2.24) is 0 Å². The largest absolute Gasteiger partial charge is 0.326 e. The number of benzene rings is 1. The van der Waals surface area contributed by atoms with Gasteiger partial charge in [0, 0.05) is 5.69 Å². The van der Waals surface area contributed by atoms with E-state index in [0.29, 0.717) is 17.7 Å². The van der Waals surface area contributed by atoms with Gasteiger partial charge in [0.25, 0.3) is 0 Å². The predicted octanol–water partition coefficient (Wildman–Crippen LogP) is 1.58. The molecule has 1 N–H and O–H groups in total. The van der Waals surface area contributed by atoms with E-state index >= 15 is 0 Å². The first-order valence-electron chi connectivity index (χ1n) is 5.62. The number of hydrogen-bond donors (Lipinski definition) is 1. The van der Waals surface area contributed by atoms with Crippen LogP contribution in [0.3, 0.4) is 0 Å². The standard InChI is InChI=1S/C12H11ClN2O3S/c13-11-5-10(2-1-8(11)6-14)15-12(16)9-3-4-19(17,18)7-9/h1-2,5,9H,3-4,7H2,(H,15,16). The predicted molar refractivity (Wildman–Crippen MR) is 71.6 cm³/mol. The van der Waals surface area contributed by atoms with Crippen LogP contribution in [0.2, 0.25) is 5.02 Å². The van der Waals surface area contributed by atoms with Crippen molar-refractivity contribution in [2.45, 2.75) is 6.42 Å². The van der Waals surface area contributed by atoms with Crippen LogP contribution >= 0.6 is 11.6 Å². The molecule has 2 rings (SSSR count). The van der Waals surface area contributed by atoms with Crippen molar-refractivity contribution in [3.05, 3.63) is 28.8 Å². The Morgan fingerprint density at radius 2 is 2.21 bits per heavy atom. The summed E-state index contributed by atoms with van der Waals surface area (Å²) in [7, 11) is -3.08. The van der Waals surface area contributed by atoms with Gasteiger partial charge in [0.05, 0.1) is 28.0 Å². The zero-order chi connectivity index (χ0) is 14.0. The number of sulfone groups is 1. The van der Waals surface area contributed by atoms with Gasteiger partial charge in [-0.05, 0) is 24.6 Å². The van der Waals surface area contributed by atoms with Crippen LogP contribution in [0.15, 0.2) is 18.2 Å². The highest BCUT2D eigenvalue weighted by Gasteiger charge is 2.32. The van der Waals surface area contributed by atoms with E-state index in [0.717, 1.165) is 0 Å². The zero-order valence-electron chi connectivity index (χ0n) is 9.89. The highest BCUT2D eigenvalue weighted by atomic mass is 35.5. The third-order valence-corrected chi connectivity index (χ3v) is 5.04. The molecule has 0 spiro atoms. The van der Waals surface area contributed by atoms with Crippen molar-refractivity contribution in [3.63, 3.8) is 0 Å². The van der Waals surface area contributed by atoms with E-state index in [4.69, 9.17) is 16.9 Å². The Bertz CT molecular complexity index is 664. The number of halogens is 1. The van der Waals surface area contributed by atoms with Crippen LogP contribution in [0.4, 0.5) is 5.69 Å². The lowest BCUT2D eigenvalue weighted by Gasteiger charge is -2.09. The molecule has 0 radical (unpaired) electrons. The third kappa shape index (κ3) is 3.25. The third-order valence-electron chi connectivity index (χ3n) is 2.96. The Labute approximate surface area is 116 Å². The highest BCUT2D eigenvalue weighted by molar-refractivity contribution is 7.91. The van der Waals surface area contributed by atoms with Crippen molar-refractivity contribution in [1.29, 1.82) is 5.26 Å². The summed E-state index contributed by atoms with van der Waals surface area (Å²) in [6.45, 7) is 0. The van der Waals surface area contributed by atoms with E-state index < -0.39 is 15.8 Å². The Kier molecular flexibility index (Phi) is 3.78. The maximum absolute atomic E-state index is 11.9. The molecule has 1 atom stereocenters. The van der Waals surface area contributed by atoms with Crippen molar-refractivity contribution in [2.24, 2.45) is 5.92 Å². The first-order chi connectivity index (χ1) is 8.91. The summed E-state index contributed by atoms with van der Waals surface area (Å²) < 4.78 is 22.6. The number of carbonyl (C=O) groups excluding carboxylic acids is 1. The monoisotopic (exact) mass is 298 g/mol. The fourth-order valence-corrected chi connectivity index (χ4v) is 3.89. The molecule has 1 unspecified atom stereocenters. The number of nitrogens with zero attached hydrogens (tertiary/aromatic N) is 1. The quantitative estimate of drug-likeness (QED) is 0.898. The van der Waals surface area contributed by atoms with Crippen molar-refractivity contribution >= 4 is 33.0 Å². The molecule has 0 aliphatic carbocycles. The topological polar surface area (TPSA) is 87.0 Å². The van der Waals surface area contributed by atoms with Gasteiger partial charge in [0.2, 0.25) is 5.91 Å². The van der Waals surface area contributed by atoms with E-state index in [-0.39, 0.29) is 22.4 Å². The molecule has 100 valence electrons. The summed E-state index contributed by atoms with van der Waals surface area (Å²) >= 11 is 5.85. The number of amides is 1. The van der Waals surface area contributed by atoms with Crippen molar-refractivity contribution in [2.75, 3.05) is 16.8 Å². The van der Waals surface area contributed by atoms with E-state index in [9.17, 15) is 13.2 Å². The van der Waals surface area contributed by atoms with Gasteiger partial charge < -0.3 is 5.32 Å². The van der Waals surface area contributed by atoms with Crippen molar-refractivity contribution in [3.8, 4) is 6.07 Å². The first kappa shape index (κ1) is 13.8. The minimum atomic E-state index is -3.08. The van der Waals surface area contributed by atoms with Crippen LogP contribution in [0, 0.1) is 17.2 Å². The molecule has 1 aromatic rings. The molecule has 0 bridgehead atoms. The summed E-state index contributed by atoms with van der Waals surface area (Å²) in [5.41, 5.74) is 0.779. The van der Waals surface area contributed by atoms with Crippen LogP contribution in [-0.4, -0.2) is 25.8 Å². The lowest BCUT2D eigenvalue weighted by molar-refractivity contribution is -0.119. The normalized spacial score (nSPS) is 20.7. The second-order valence-electron chi connectivity index (χ2n) is 4.40. The van der Waals surface area contributed by atoms with E-state index in [2.05, 4.69) is 5.32 Å². The fourth-order valence-electron chi connectivity index (χ4n) is 1.93. The Balaban J connectivity index is 2.08. The molecule has 1 saturated heterocycles. The first-order valence-corrected chi connectivity index (χ1v) is 7.82. The average Bonchev–Trinajstić information content (AvgIpc) is 2.70. The SMILES string of the molecule is N#Cc1ccc(NC(=O)C2CCS(=O)(=O)C2)cc1Cl. The number of nitriles is 1. The number of carbonyl (C=O) groups is 1. The maximum Gasteiger partial charge on any atom is 0.228 e. The van der Waals surface area contributed by atoms with Gasteiger partial charge in [0.15, 0.2) is 9.84 Å². The Morgan fingerprint density at radius 3 is 2.74 bits per heavy atom. The smallest absolute Gasteiger partial charge is 0.228 e. The van der Waals surface area contributed by atoms with Crippen LogP contribution in [-0.2, 0) is 14.6 Å². The molecule has 0 saturated carbocycles. The van der Waals surface area contributed by atoms with Gasteiger partial charge in [-0.2, -0.15) is 5.26 Å². The molecule has 1 aromatic carbocycles. The molecule has 5 nitrogen and oxygen atoms in total. The number of hydrogen-bond acceptors (Lipinski definition) is 4. The fraction of sp³-hybridized carbons (Fsp3) is 0.333. The average molecular weight is 299 g/mol. The molecule has 1 heterocycles. The van der Waals surface area contributed by atoms with Crippen molar-refractivity contribution < 1.29 is 13.2 Å². The molecule has 19 heavy (non-hydrogen) atoms. The summed E-state index contributed by atoms with van der Waals surface area (Å²) in [6, 6.07) is 6.46. The van der Waals surface area contributed by atoms with Gasteiger partial charge in [-0.15, -0.1) is 0 Å². The minimum absolute atomic E-state index is 0.0548. The second-order valence-corrected chi connectivity index (χ2v) is 7.03. The van der Waals surface area contributed by atoms with Crippen LogP contribution in [0.1, 0.15) is 12.0 Å². The van der Waals surface area contributed by atoms with Gasteiger partial charge in [0.1, 0.15) is 6.07 Å². The zero-order valence-corrected chi connectivity index (χ0v) is 11.5. The number of rotatable bonds is 2. The molecule has 1 aliphatic rings. The van der Waals surface area contributed by atoms with E-state index in [1.165, 1.54) is 12.1 Å². The second kappa shape index (κ2) is 5.19. The Hall–Kier alpha value is -1.58. The lowest BCUT2D eigenvalue weighted by Crippen LogP contribution is -2.23. The summed E-state index contributed by atoms with van der Waals surface area (Å²) in [6.07, 6.45) is 0.345. The number of nitrogens with one attached hydrogen (secondary N) is 1. The highest BCUT2D eigenvalue weighted by Crippen LogP contribution is 2.23. The molecule has 1 fully saturated rings. The van der Waals surface area contributed by atoms with Crippen LogP contribution < -0.4 is 5.32 Å². The van der Waals surface area contributed by atoms with Crippen LogP contribution in [0.5, 0.6) is 0 Å². The molecular formula is C12H11ClN2O3S. The van der Waals surface area contributed by atoms with Gasteiger partial charge >= 0.3 is 0 Å². The van der Waals surface area contributed by atoms with Gasteiger partial charge in [-0.3, -0.25) is 4.79 Å². The van der Waals surface area contributed by atoms with Gasteiger partial charge in [-0.1, -0.05) is 11.6 Å². The summed E-state index contributed by atoms with van der Waals surface area (Å²) in [4.78, 5) is 11.9. The molecule has 1 amide bonds. The lowest BCUT2D eigenvalue weighted by atomic mass is 10.1. The molecule has 7 heteroatoms. The van der Waals surface area contributed by atoms with Gasteiger partial charge in [-0.25, -0.2) is 8.42 Å². The number of anilines is 1.